The lowest BCUT2D eigenvalue weighted by Crippen LogP contribution is -2.26. The number of hydrogen-bond donors (Lipinski definition) is 0. The van der Waals surface area contributed by atoms with E-state index in [9.17, 15) is 9.59 Å². The summed E-state index contributed by atoms with van der Waals surface area (Å²) in [5, 5.41) is 0. The molecule has 0 saturated heterocycles. The van der Waals surface area contributed by atoms with Gasteiger partial charge in [0.25, 0.3) is 0 Å². The summed E-state index contributed by atoms with van der Waals surface area (Å²) in [7, 11) is 2.55. The monoisotopic (exact) mass is 412 g/mol. The molecular formula is C22H20O8. The Morgan fingerprint density at radius 1 is 0.900 bits per heavy atom. The Morgan fingerprint density at radius 3 is 2.20 bits per heavy atom. The van der Waals surface area contributed by atoms with Crippen LogP contribution in [0.15, 0.2) is 42.0 Å². The molecule has 156 valence electrons. The summed E-state index contributed by atoms with van der Waals surface area (Å²) >= 11 is 0. The van der Waals surface area contributed by atoms with Crippen molar-refractivity contribution in [1.82, 2.24) is 0 Å². The van der Waals surface area contributed by atoms with E-state index in [1.807, 2.05) is 6.07 Å². The quantitative estimate of drug-likeness (QED) is 0.529. The molecule has 8 heteroatoms. The van der Waals surface area contributed by atoms with Gasteiger partial charge in [0.05, 0.1) is 25.7 Å². The average molecular weight is 412 g/mol. The van der Waals surface area contributed by atoms with Gasteiger partial charge in [0.15, 0.2) is 23.0 Å². The third kappa shape index (κ3) is 3.89. The van der Waals surface area contributed by atoms with Crippen molar-refractivity contribution in [3.63, 3.8) is 0 Å². The van der Waals surface area contributed by atoms with E-state index in [4.69, 9.17) is 28.4 Å². The van der Waals surface area contributed by atoms with Gasteiger partial charge in [-0.1, -0.05) is 12.1 Å². The van der Waals surface area contributed by atoms with Crippen molar-refractivity contribution in [2.75, 3.05) is 27.8 Å². The zero-order chi connectivity index (χ0) is 21.1. The van der Waals surface area contributed by atoms with Crippen LogP contribution in [0.5, 0.6) is 23.0 Å². The lowest BCUT2D eigenvalue weighted by atomic mass is 9.90. The summed E-state index contributed by atoms with van der Waals surface area (Å²) < 4.78 is 31.4. The molecule has 0 unspecified atom stereocenters. The number of fused-ring (bicyclic) bond motifs is 2. The first kappa shape index (κ1) is 19.6. The minimum Gasteiger partial charge on any atom is -0.469 e. The SMILES string of the molecule is COC(=O)/C(=C/c1ccc2c(c1)OCO2)[C@@H](Cc1ccc2c(c1)OCO2)C(=O)OC. The molecule has 2 aromatic rings. The first-order chi connectivity index (χ1) is 14.6. The number of ether oxygens (including phenoxy) is 6. The summed E-state index contributed by atoms with van der Waals surface area (Å²) in [6, 6.07) is 10.6. The van der Waals surface area contributed by atoms with Crippen LogP contribution in [0.2, 0.25) is 0 Å². The molecule has 8 nitrogen and oxygen atoms in total. The minimum atomic E-state index is -0.881. The van der Waals surface area contributed by atoms with Gasteiger partial charge in [-0.2, -0.15) is 0 Å². The summed E-state index contributed by atoms with van der Waals surface area (Å²) in [5.41, 5.74) is 1.62. The highest BCUT2D eigenvalue weighted by Crippen LogP contribution is 2.35. The molecule has 0 bridgehead atoms. The first-order valence-electron chi connectivity index (χ1n) is 9.25. The molecule has 2 heterocycles. The highest BCUT2D eigenvalue weighted by Gasteiger charge is 2.30. The summed E-state index contributed by atoms with van der Waals surface area (Å²) in [5.74, 6) is 0.366. The predicted octanol–water partition coefficient (Wildman–Crippen LogP) is 2.73. The van der Waals surface area contributed by atoms with Gasteiger partial charge in [-0.3, -0.25) is 4.79 Å². The second-order valence-corrected chi connectivity index (χ2v) is 6.67. The molecule has 0 spiro atoms. The van der Waals surface area contributed by atoms with Crippen molar-refractivity contribution in [3.05, 3.63) is 53.1 Å². The lowest BCUT2D eigenvalue weighted by molar-refractivity contribution is -0.147. The van der Waals surface area contributed by atoms with Crippen molar-refractivity contribution in [2.24, 2.45) is 5.92 Å². The van der Waals surface area contributed by atoms with Crippen molar-refractivity contribution in [1.29, 1.82) is 0 Å². The highest BCUT2D eigenvalue weighted by molar-refractivity contribution is 6.00. The van der Waals surface area contributed by atoms with Crippen LogP contribution >= 0.6 is 0 Å². The van der Waals surface area contributed by atoms with E-state index in [1.54, 1.807) is 36.4 Å². The van der Waals surface area contributed by atoms with Gasteiger partial charge in [-0.15, -0.1) is 0 Å². The molecule has 4 rings (SSSR count). The van der Waals surface area contributed by atoms with Crippen molar-refractivity contribution < 1.29 is 38.0 Å². The molecule has 30 heavy (non-hydrogen) atoms. The Morgan fingerprint density at radius 2 is 1.53 bits per heavy atom. The van der Waals surface area contributed by atoms with Gasteiger partial charge < -0.3 is 28.4 Å². The number of carbonyl (C=O) groups is 2. The Bertz CT molecular complexity index is 1010. The van der Waals surface area contributed by atoms with E-state index < -0.39 is 17.9 Å². The fraction of sp³-hybridized carbons (Fsp3) is 0.273. The first-order valence-corrected chi connectivity index (χ1v) is 9.25. The fourth-order valence-corrected chi connectivity index (χ4v) is 3.37. The van der Waals surface area contributed by atoms with Crippen LogP contribution in [0, 0.1) is 5.92 Å². The lowest BCUT2D eigenvalue weighted by Gasteiger charge is -2.17. The molecule has 0 N–H and O–H groups in total. The Labute approximate surface area is 172 Å². The third-order valence-electron chi connectivity index (χ3n) is 4.88. The van der Waals surface area contributed by atoms with Crippen LogP contribution in [0.1, 0.15) is 11.1 Å². The zero-order valence-electron chi connectivity index (χ0n) is 16.5. The molecular weight excluding hydrogens is 392 g/mol. The molecule has 0 saturated carbocycles. The number of benzene rings is 2. The standard InChI is InChI=1S/C22H20O8/c1-25-21(23)15(7-13-3-5-17-19(9-13)29-11-27-17)16(22(24)26-2)8-14-4-6-18-20(10-14)30-12-28-18/h3-7,9-10,16H,8,11-12H2,1-2H3/b15-7+/t16-/m1/s1. The highest BCUT2D eigenvalue weighted by atomic mass is 16.7. The van der Waals surface area contributed by atoms with Crippen LogP contribution in [0.25, 0.3) is 6.08 Å². The molecule has 2 aromatic carbocycles. The second-order valence-electron chi connectivity index (χ2n) is 6.67. The maximum Gasteiger partial charge on any atom is 0.334 e. The second kappa shape index (κ2) is 8.36. The molecule has 0 amide bonds. The van der Waals surface area contributed by atoms with Crippen LogP contribution in [0.3, 0.4) is 0 Å². The van der Waals surface area contributed by atoms with E-state index in [0.29, 0.717) is 28.6 Å². The number of rotatable bonds is 6. The Hall–Kier alpha value is -3.68. The summed E-state index contributed by atoms with van der Waals surface area (Å²) in [6.45, 7) is 0.290. The Kier molecular flexibility index (Phi) is 5.47. The zero-order valence-corrected chi connectivity index (χ0v) is 16.5. The summed E-state index contributed by atoms with van der Waals surface area (Å²) in [6.07, 6.45) is 1.82. The van der Waals surface area contributed by atoms with Gasteiger partial charge in [0.1, 0.15) is 0 Å². The number of esters is 2. The van der Waals surface area contributed by atoms with Crippen molar-refractivity contribution >= 4 is 18.0 Å². The van der Waals surface area contributed by atoms with Crippen LogP contribution in [0.4, 0.5) is 0 Å². The summed E-state index contributed by atoms with van der Waals surface area (Å²) in [4.78, 5) is 25.2. The topological polar surface area (TPSA) is 89.5 Å². The van der Waals surface area contributed by atoms with Gasteiger partial charge in [-0.25, -0.2) is 4.79 Å². The number of methoxy groups -OCH3 is 2. The van der Waals surface area contributed by atoms with Gasteiger partial charge in [0.2, 0.25) is 13.6 Å². The van der Waals surface area contributed by atoms with Crippen LogP contribution in [-0.2, 0) is 25.5 Å². The van der Waals surface area contributed by atoms with Gasteiger partial charge in [-0.05, 0) is 47.9 Å². The van der Waals surface area contributed by atoms with E-state index in [-0.39, 0.29) is 25.6 Å². The van der Waals surface area contributed by atoms with E-state index in [2.05, 4.69) is 0 Å². The smallest absolute Gasteiger partial charge is 0.334 e. The third-order valence-corrected chi connectivity index (χ3v) is 4.88. The molecule has 0 aromatic heterocycles. The van der Waals surface area contributed by atoms with Crippen molar-refractivity contribution in [3.8, 4) is 23.0 Å². The molecule has 2 aliphatic heterocycles. The molecule has 0 fully saturated rings. The average Bonchev–Trinajstić information content (AvgIpc) is 3.43. The maximum absolute atomic E-state index is 12.6. The number of carbonyl (C=O) groups excluding carboxylic acids is 2. The molecule has 0 radical (unpaired) electrons. The van der Waals surface area contributed by atoms with Crippen LogP contribution in [-0.4, -0.2) is 39.7 Å². The normalized spacial score (nSPS) is 14.9. The van der Waals surface area contributed by atoms with E-state index >= 15 is 0 Å². The predicted molar refractivity (Wildman–Crippen MR) is 104 cm³/mol. The molecule has 0 aliphatic carbocycles. The molecule has 2 aliphatic rings. The van der Waals surface area contributed by atoms with Gasteiger partial charge >= 0.3 is 11.9 Å². The van der Waals surface area contributed by atoms with E-state index in [0.717, 1.165) is 5.56 Å². The maximum atomic E-state index is 12.6. The van der Waals surface area contributed by atoms with Gasteiger partial charge in [0, 0.05) is 0 Å². The fourth-order valence-electron chi connectivity index (χ4n) is 3.37. The van der Waals surface area contributed by atoms with E-state index in [1.165, 1.54) is 14.2 Å². The number of hydrogen-bond acceptors (Lipinski definition) is 8. The van der Waals surface area contributed by atoms with Crippen molar-refractivity contribution in [2.45, 2.75) is 6.42 Å². The van der Waals surface area contributed by atoms with Crippen LogP contribution < -0.4 is 18.9 Å². The minimum absolute atomic E-state index is 0.140. The Balaban J connectivity index is 1.69. The largest absolute Gasteiger partial charge is 0.469 e. The molecule has 1 atom stereocenters.